The molecule has 0 saturated carbocycles. The Balaban J connectivity index is 2.39. The Morgan fingerprint density at radius 1 is 1.53 bits per heavy atom. The molecule has 5 nitrogen and oxygen atoms in total. The molecular weight excluding hydrogens is 264 g/mol. The van der Waals surface area contributed by atoms with Gasteiger partial charge in [0.15, 0.2) is 0 Å². The summed E-state index contributed by atoms with van der Waals surface area (Å²) in [5.41, 5.74) is 0.780. The zero-order valence-corrected chi connectivity index (χ0v) is 12.5. The van der Waals surface area contributed by atoms with E-state index in [1.807, 2.05) is 20.8 Å². The van der Waals surface area contributed by atoms with E-state index in [-0.39, 0.29) is 22.8 Å². The fourth-order valence-electron chi connectivity index (χ4n) is 1.71. The lowest BCUT2D eigenvalue weighted by atomic mass is 9.90. The lowest BCUT2D eigenvalue weighted by Crippen LogP contribution is -2.35. The molecule has 1 aromatic rings. The van der Waals surface area contributed by atoms with Gasteiger partial charge in [-0.1, -0.05) is 25.2 Å². The number of aliphatic hydroxyl groups excluding tert-OH is 1. The molecule has 0 aliphatic rings. The number of hydrogen-bond donors (Lipinski definition) is 2. The van der Waals surface area contributed by atoms with Crippen molar-refractivity contribution < 1.29 is 9.90 Å². The van der Waals surface area contributed by atoms with Crippen LogP contribution < -0.4 is 10.2 Å². The van der Waals surface area contributed by atoms with Crippen LogP contribution in [0, 0.1) is 12.3 Å². The molecule has 0 spiro atoms. The fourth-order valence-corrected chi connectivity index (χ4v) is 2.47. The van der Waals surface area contributed by atoms with Gasteiger partial charge >= 0.3 is 4.87 Å². The van der Waals surface area contributed by atoms with Crippen molar-refractivity contribution in [3.05, 3.63) is 20.7 Å². The van der Waals surface area contributed by atoms with Gasteiger partial charge in [-0.2, -0.15) is 0 Å². The molecule has 0 aromatic carbocycles. The first kappa shape index (κ1) is 15.9. The number of carbonyl (C=O) groups is 1. The third kappa shape index (κ3) is 5.16. The van der Waals surface area contributed by atoms with E-state index >= 15 is 0 Å². The van der Waals surface area contributed by atoms with Crippen molar-refractivity contribution in [3.8, 4) is 0 Å². The SMILES string of the molecule is Cc1csc(=O)n1CCC(=O)NCC(C)(C)CCO. The Morgan fingerprint density at radius 2 is 2.21 bits per heavy atom. The minimum atomic E-state index is -0.112. The highest BCUT2D eigenvalue weighted by Crippen LogP contribution is 2.17. The monoisotopic (exact) mass is 286 g/mol. The number of thiazole rings is 1. The molecule has 1 rings (SSSR count). The predicted octanol–water partition coefficient (Wildman–Crippen LogP) is 1.13. The van der Waals surface area contributed by atoms with Crippen LogP contribution in [0.3, 0.4) is 0 Å². The molecule has 19 heavy (non-hydrogen) atoms. The normalized spacial score (nSPS) is 11.6. The summed E-state index contributed by atoms with van der Waals surface area (Å²) in [5.74, 6) is -0.0662. The van der Waals surface area contributed by atoms with E-state index in [0.717, 1.165) is 17.0 Å². The van der Waals surface area contributed by atoms with Crippen LogP contribution >= 0.6 is 11.3 Å². The van der Waals surface area contributed by atoms with Gasteiger partial charge in [0.25, 0.3) is 0 Å². The number of hydrogen-bond acceptors (Lipinski definition) is 4. The van der Waals surface area contributed by atoms with Crippen LogP contribution in [-0.2, 0) is 11.3 Å². The summed E-state index contributed by atoms with van der Waals surface area (Å²) in [7, 11) is 0. The van der Waals surface area contributed by atoms with Gasteiger partial charge in [0.2, 0.25) is 5.91 Å². The van der Waals surface area contributed by atoms with Gasteiger partial charge in [-0.15, -0.1) is 0 Å². The molecule has 0 fully saturated rings. The van der Waals surface area contributed by atoms with Crippen LogP contribution in [0.2, 0.25) is 0 Å². The number of nitrogens with zero attached hydrogens (tertiary/aromatic N) is 1. The van der Waals surface area contributed by atoms with Gasteiger partial charge in [0.1, 0.15) is 0 Å². The number of amides is 1. The molecular formula is C13H22N2O3S. The van der Waals surface area contributed by atoms with Crippen molar-refractivity contribution in [1.82, 2.24) is 9.88 Å². The summed E-state index contributed by atoms with van der Waals surface area (Å²) < 4.78 is 1.61. The van der Waals surface area contributed by atoms with Gasteiger partial charge < -0.3 is 15.0 Å². The van der Waals surface area contributed by atoms with Crippen LogP contribution in [-0.4, -0.2) is 28.7 Å². The highest BCUT2D eigenvalue weighted by atomic mass is 32.1. The molecule has 0 atom stereocenters. The summed E-state index contributed by atoms with van der Waals surface area (Å²) in [5, 5.41) is 13.6. The Kier molecular flexibility index (Phi) is 5.75. The molecule has 1 heterocycles. The highest BCUT2D eigenvalue weighted by molar-refractivity contribution is 7.07. The van der Waals surface area contributed by atoms with Crippen molar-refractivity contribution in [1.29, 1.82) is 0 Å². The molecule has 0 bridgehead atoms. The van der Waals surface area contributed by atoms with E-state index in [1.165, 1.54) is 0 Å². The van der Waals surface area contributed by atoms with Crippen molar-refractivity contribution in [3.63, 3.8) is 0 Å². The summed E-state index contributed by atoms with van der Waals surface area (Å²) >= 11 is 1.15. The number of aromatic nitrogens is 1. The van der Waals surface area contributed by atoms with Crippen molar-refractivity contribution in [2.75, 3.05) is 13.2 Å². The van der Waals surface area contributed by atoms with Crippen LogP contribution in [0.25, 0.3) is 0 Å². The van der Waals surface area contributed by atoms with E-state index in [9.17, 15) is 9.59 Å². The standard InChI is InChI=1S/C13H22N2O3S/c1-10-8-19-12(18)15(10)6-4-11(17)14-9-13(2,3)5-7-16/h8,16H,4-7,9H2,1-3H3,(H,14,17). The molecule has 0 unspecified atom stereocenters. The summed E-state index contributed by atoms with van der Waals surface area (Å²) in [6.45, 7) is 6.92. The first-order valence-electron chi connectivity index (χ1n) is 6.38. The maximum absolute atomic E-state index is 11.7. The van der Waals surface area contributed by atoms with Gasteiger partial charge in [-0.25, -0.2) is 0 Å². The first-order chi connectivity index (χ1) is 8.85. The number of carbonyl (C=O) groups excluding carboxylic acids is 1. The number of aliphatic hydroxyl groups is 1. The largest absolute Gasteiger partial charge is 0.396 e. The molecule has 2 N–H and O–H groups in total. The maximum Gasteiger partial charge on any atom is 0.307 e. The minimum absolute atomic E-state index is 0.0223. The molecule has 6 heteroatoms. The van der Waals surface area contributed by atoms with Crippen LogP contribution in [0.5, 0.6) is 0 Å². The van der Waals surface area contributed by atoms with E-state index in [0.29, 0.717) is 25.9 Å². The van der Waals surface area contributed by atoms with E-state index in [1.54, 1.807) is 9.95 Å². The average Bonchev–Trinajstić information content (AvgIpc) is 2.64. The Labute approximate surface area is 117 Å². The minimum Gasteiger partial charge on any atom is -0.396 e. The smallest absolute Gasteiger partial charge is 0.307 e. The van der Waals surface area contributed by atoms with Crippen LogP contribution in [0.15, 0.2) is 10.2 Å². The second kappa shape index (κ2) is 6.86. The van der Waals surface area contributed by atoms with E-state index in [2.05, 4.69) is 5.32 Å². The van der Waals surface area contributed by atoms with Crippen molar-refractivity contribution in [2.45, 2.75) is 40.2 Å². The molecule has 0 aliphatic heterocycles. The third-order valence-corrected chi connectivity index (χ3v) is 3.97. The van der Waals surface area contributed by atoms with Gasteiger partial charge in [0.05, 0.1) is 0 Å². The fraction of sp³-hybridized carbons (Fsp3) is 0.692. The first-order valence-corrected chi connectivity index (χ1v) is 7.26. The van der Waals surface area contributed by atoms with Crippen LogP contribution in [0.4, 0.5) is 0 Å². The number of nitrogens with one attached hydrogen (secondary N) is 1. The lowest BCUT2D eigenvalue weighted by molar-refractivity contribution is -0.121. The number of aryl methyl sites for hydroxylation is 1. The summed E-state index contributed by atoms with van der Waals surface area (Å²) in [6, 6.07) is 0. The molecule has 0 saturated heterocycles. The van der Waals surface area contributed by atoms with Gasteiger partial charge in [-0.05, 0) is 18.8 Å². The second-order valence-corrected chi connectivity index (χ2v) is 6.28. The topological polar surface area (TPSA) is 71.3 Å². The molecule has 108 valence electrons. The molecule has 1 aromatic heterocycles. The van der Waals surface area contributed by atoms with Gasteiger partial charge in [0, 0.05) is 37.2 Å². The van der Waals surface area contributed by atoms with E-state index in [4.69, 9.17) is 5.11 Å². The average molecular weight is 286 g/mol. The highest BCUT2D eigenvalue weighted by Gasteiger charge is 2.18. The van der Waals surface area contributed by atoms with E-state index < -0.39 is 0 Å². The lowest BCUT2D eigenvalue weighted by Gasteiger charge is -2.23. The summed E-state index contributed by atoms with van der Waals surface area (Å²) in [6.07, 6.45) is 0.947. The zero-order chi connectivity index (χ0) is 14.5. The third-order valence-electron chi connectivity index (χ3n) is 3.09. The molecule has 0 aliphatic carbocycles. The second-order valence-electron chi connectivity index (χ2n) is 5.46. The summed E-state index contributed by atoms with van der Waals surface area (Å²) in [4.78, 5) is 23.2. The quantitative estimate of drug-likeness (QED) is 0.789. The zero-order valence-electron chi connectivity index (χ0n) is 11.7. The number of rotatable bonds is 7. The van der Waals surface area contributed by atoms with Crippen LogP contribution in [0.1, 0.15) is 32.4 Å². The maximum atomic E-state index is 11.7. The molecule has 1 amide bonds. The van der Waals surface area contributed by atoms with Crippen molar-refractivity contribution in [2.24, 2.45) is 5.41 Å². The Bertz CT molecular complexity index is 476. The molecule has 0 radical (unpaired) electrons. The van der Waals surface area contributed by atoms with Gasteiger partial charge in [-0.3, -0.25) is 9.59 Å². The van der Waals surface area contributed by atoms with Crippen molar-refractivity contribution >= 4 is 17.2 Å². The Morgan fingerprint density at radius 3 is 2.74 bits per heavy atom. The predicted molar refractivity (Wildman–Crippen MR) is 76.4 cm³/mol. The Hall–Kier alpha value is -1.14.